The van der Waals surface area contributed by atoms with Crippen molar-refractivity contribution in [1.82, 2.24) is 20.6 Å². The summed E-state index contributed by atoms with van der Waals surface area (Å²) in [5, 5.41) is 10.1. The van der Waals surface area contributed by atoms with Crippen LogP contribution in [-0.4, -0.2) is 55.2 Å². The topological polar surface area (TPSA) is 77.5 Å². The van der Waals surface area contributed by atoms with Crippen molar-refractivity contribution >= 4 is 41.6 Å². The molecule has 29 heavy (non-hydrogen) atoms. The zero-order chi connectivity index (χ0) is 19.6. The van der Waals surface area contributed by atoms with Gasteiger partial charge in [-0.15, -0.1) is 24.0 Å². The number of aromatic nitrogens is 2. The average molecular weight is 513 g/mol. The smallest absolute Gasteiger partial charge is 0.191 e. The molecular weight excluding hydrogens is 484 g/mol. The molecular formula is C20H29FIN7. The Morgan fingerprint density at radius 1 is 1.17 bits per heavy atom. The zero-order valence-electron chi connectivity index (χ0n) is 16.6. The first-order valence-electron chi connectivity index (χ1n) is 9.74. The minimum Gasteiger partial charge on any atom is -0.370 e. The molecule has 1 unspecified atom stereocenters. The summed E-state index contributed by atoms with van der Waals surface area (Å²) in [4.78, 5) is 14.7. The number of pyridine rings is 2. The molecule has 9 heteroatoms. The molecule has 1 fully saturated rings. The van der Waals surface area contributed by atoms with E-state index in [4.69, 9.17) is 0 Å². The van der Waals surface area contributed by atoms with Gasteiger partial charge in [0.15, 0.2) is 17.6 Å². The van der Waals surface area contributed by atoms with E-state index in [-0.39, 0.29) is 35.8 Å². The van der Waals surface area contributed by atoms with E-state index in [1.807, 2.05) is 23.1 Å². The first kappa shape index (κ1) is 23.1. The van der Waals surface area contributed by atoms with Gasteiger partial charge in [-0.2, -0.15) is 0 Å². The number of rotatable bonds is 8. The lowest BCUT2D eigenvalue weighted by Gasteiger charge is -2.20. The van der Waals surface area contributed by atoms with Gasteiger partial charge in [-0.3, -0.25) is 4.99 Å². The van der Waals surface area contributed by atoms with E-state index in [1.54, 1.807) is 25.5 Å². The summed E-state index contributed by atoms with van der Waals surface area (Å²) in [6, 6.07) is 9.13. The molecule has 0 radical (unpaired) electrons. The van der Waals surface area contributed by atoms with Gasteiger partial charge in [0, 0.05) is 51.7 Å². The van der Waals surface area contributed by atoms with E-state index in [0.717, 1.165) is 50.7 Å². The standard InChI is InChI=1S/C20H28FN7.HI/c1-22-20(26-12-5-4-11-24-18-8-2-3-10-23-18)27-16-9-14-28(15-16)19-17(21)7-6-13-25-19;/h2-3,6-8,10,13,16H,4-5,9,11-12,14-15H2,1H3,(H,23,24)(H2,22,26,27);1H. The summed E-state index contributed by atoms with van der Waals surface area (Å²) in [6.07, 6.45) is 6.40. The van der Waals surface area contributed by atoms with Gasteiger partial charge in [0.2, 0.25) is 0 Å². The number of anilines is 2. The predicted molar refractivity (Wildman–Crippen MR) is 127 cm³/mol. The van der Waals surface area contributed by atoms with Crippen LogP contribution in [0.25, 0.3) is 0 Å². The summed E-state index contributed by atoms with van der Waals surface area (Å²) >= 11 is 0. The van der Waals surface area contributed by atoms with Crippen LogP contribution in [-0.2, 0) is 0 Å². The van der Waals surface area contributed by atoms with Gasteiger partial charge in [-0.05, 0) is 43.5 Å². The summed E-state index contributed by atoms with van der Waals surface area (Å²) < 4.78 is 13.9. The third-order valence-corrected chi connectivity index (χ3v) is 4.66. The third-order valence-electron chi connectivity index (χ3n) is 4.66. The van der Waals surface area contributed by atoms with Crippen LogP contribution in [0.3, 0.4) is 0 Å². The van der Waals surface area contributed by atoms with E-state index >= 15 is 0 Å². The van der Waals surface area contributed by atoms with Crippen LogP contribution in [0.1, 0.15) is 19.3 Å². The number of halogens is 2. The lowest BCUT2D eigenvalue weighted by molar-refractivity contribution is 0.612. The molecule has 1 atom stereocenters. The van der Waals surface area contributed by atoms with Crippen molar-refractivity contribution in [2.24, 2.45) is 4.99 Å². The molecule has 3 heterocycles. The maximum absolute atomic E-state index is 13.9. The molecule has 1 saturated heterocycles. The molecule has 2 aromatic heterocycles. The molecule has 2 aromatic rings. The third kappa shape index (κ3) is 7.30. The van der Waals surface area contributed by atoms with Crippen LogP contribution in [0, 0.1) is 5.82 Å². The highest BCUT2D eigenvalue weighted by atomic mass is 127. The van der Waals surface area contributed by atoms with Crippen molar-refractivity contribution in [3.8, 4) is 0 Å². The van der Waals surface area contributed by atoms with Crippen LogP contribution in [0.4, 0.5) is 16.0 Å². The molecule has 1 aliphatic heterocycles. The fourth-order valence-corrected chi connectivity index (χ4v) is 3.21. The molecule has 3 rings (SSSR count). The fraction of sp³-hybridized carbons (Fsp3) is 0.450. The molecule has 3 N–H and O–H groups in total. The monoisotopic (exact) mass is 513 g/mol. The number of unbranched alkanes of at least 4 members (excludes halogenated alkanes) is 1. The lowest BCUT2D eigenvalue weighted by atomic mass is 10.2. The second-order valence-corrected chi connectivity index (χ2v) is 6.73. The van der Waals surface area contributed by atoms with E-state index in [2.05, 4.69) is 30.9 Å². The number of hydrogen-bond acceptors (Lipinski definition) is 5. The molecule has 0 spiro atoms. The van der Waals surface area contributed by atoms with Gasteiger partial charge in [-0.1, -0.05) is 6.07 Å². The van der Waals surface area contributed by atoms with E-state index in [1.165, 1.54) is 6.07 Å². The molecule has 0 aromatic carbocycles. The summed E-state index contributed by atoms with van der Waals surface area (Å²) in [7, 11) is 1.77. The van der Waals surface area contributed by atoms with Crippen LogP contribution < -0.4 is 20.9 Å². The van der Waals surface area contributed by atoms with Gasteiger partial charge in [0.25, 0.3) is 0 Å². The van der Waals surface area contributed by atoms with Gasteiger partial charge in [-0.25, -0.2) is 14.4 Å². The normalized spacial score (nSPS) is 16.3. The van der Waals surface area contributed by atoms with Crippen molar-refractivity contribution in [3.05, 3.63) is 48.5 Å². The number of guanidine groups is 1. The summed E-state index contributed by atoms with van der Waals surface area (Å²) in [6.45, 7) is 3.22. The van der Waals surface area contributed by atoms with Crippen LogP contribution in [0.5, 0.6) is 0 Å². The van der Waals surface area contributed by atoms with Gasteiger partial charge in [0.05, 0.1) is 0 Å². The molecule has 1 aliphatic rings. The molecule has 158 valence electrons. The highest BCUT2D eigenvalue weighted by molar-refractivity contribution is 14.0. The quantitative estimate of drug-likeness (QED) is 0.218. The summed E-state index contributed by atoms with van der Waals surface area (Å²) in [5.41, 5.74) is 0. The van der Waals surface area contributed by atoms with Crippen molar-refractivity contribution in [1.29, 1.82) is 0 Å². The van der Waals surface area contributed by atoms with Gasteiger partial charge in [0.1, 0.15) is 5.82 Å². The number of hydrogen-bond donors (Lipinski definition) is 3. The Bertz CT molecular complexity index is 760. The molecule has 0 saturated carbocycles. The van der Waals surface area contributed by atoms with Crippen molar-refractivity contribution in [3.63, 3.8) is 0 Å². The fourth-order valence-electron chi connectivity index (χ4n) is 3.21. The highest BCUT2D eigenvalue weighted by Crippen LogP contribution is 2.20. The lowest BCUT2D eigenvalue weighted by Crippen LogP contribution is -2.45. The highest BCUT2D eigenvalue weighted by Gasteiger charge is 2.25. The van der Waals surface area contributed by atoms with E-state index in [9.17, 15) is 4.39 Å². The minimum atomic E-state index is -0.273. The van der Waals surface area contributed by atoms with Crippen LogP contribution in [0.2, 0.25) is 0 Å². The zero-order valence-corrected chi connectivity index (χ0v) is 19.0. The van der Waals surface area contributed by atoms with Gasteiger partial charge < -0.3 is 20.9 Å². The molecule has 0 bridgehead atoms. The Balaban J connectivity index is 0.00000300. The Hall–Kier alpha value is -2.17. The predicted octanol–water partition coefficient (Wildman–Crippen LogP) is 2.87. The first-order chi connectivity index (χ1) is 13.8. The number of aliphatic imine (C=N–C) groups is 1. The number of nitrogens with zero attached hydrogens (tertiary/aromatic N) is 4. The Morgan fingerprint density at radius 2 is 2.00 bits per heavy atom. The maximum atomic E-state index is 13.9. The second kappa shape index (κ2) is 12.4. The molecule has 0 aliphatic carbocycles. The molecule has 0 amide bonds. The Kier molecular flexibility index (Phi) is 9.89. The maximum Gasteiger partial charge on any atom is 0.191 e. The Labute approximate surface area is 188 Å². The molecule has 7 nitrogen and oxygen atoms in total. The SMILES string of the molecule is CN=C(NCCCCNc1ccccn1)NC1CCN(c2ncccc2F)C1.I. The largest absolute Gasteiger partial charge is 0.370 e. The first-order valence-corrected chi connectivity index (χ1v) is 9.74. The van der Waals surface area contributed by atoms with E-state index < -0.39 is 0 Å². The van der Waals surface area contributed by atoms with Crippen molar-refractivity contribution in [2.45, 2.75) is 25.3 Å². The van der Waals surface area contributed by atoms with Gasteiger partial charge >= 0.3 is 0 Å². The number of nitrogens with one attached hydrogen (secondary N) is 3. The average Bonchev–Trinajstić information content (AvgIpc) is 3.19. The Morgan fingerprint density at radius 3 is 2.76 bits per heavy atom. The van der Waals surface area contributed by atoms with Crippen LogP contribution in [0.15, 0.2) is 47.7 Å². The van der Waals surface area contributed by atoms with E-state index in [0.29, 0.717) is 12.4 Å². The van der Waals surface area contributed by atoms with Crippen molar-refractivity contribution < 1.29 is 4.39 Å². The summed E-state index contributed by atoms with van der Waals surface area (Å²) in [5.74, 6) is 1.84. The van der Waals surface area contributed by atoms with Crippen molar-refractivity contribution in [2.75, 3.05) is 43.4 Å². The second-order valence-electron chi connectivity index (χ2n) is 6.73. The van der Waals surface area contributed by atoms with Crippen LogP contribution >= 0.6 is 24.0 Å². The minimum absolute atomic E-state index is 0.